The lowest BCUT2D eigenvalue weighted by atomic mass is 10.1. The molecule has 6 nitrogen and oxygen atoms in total. The Morgan fingerprint density at radius 2 is 1.43 bits per heavy atom. The normalized spacial score (nSPS) is 10.9. The summed E-state index contributed by atoms with van der Waals surface area (Å²) in [5.74, 6) is -2.91. The second-order valence-corrected chi connectivity index (χ2v) is 4.61. The summed E-state index contributed by atoms with van der Waals surface area (Å²) in [6.45, 7) is 0. The quantitative estimate of drug-likeness (QED) is 0.735. The van der Waals surface area contributed by atoms with Crippen molar-refractivity contribution in [3.63, 3.8) is 0 Å². The molecular formula is C17H13NO5. The highest BCUT2D eigenvalue weighted by Crippen LogP contribution is 2.09. The van der Waals surface area contributed by atoms with Crippen molar-refractivity contribution >= 4 is 23.9 Å². The zero-order valence-corrected chi connectivity index (χ0v) is 11.9. The van der Waals surface area contributed by atoms with Gasteiger partial charge in [-0.05, 0) is 35.9 Å². The number of carboxylic acids is 2. The molecule has 3 N–H and O–H groups in total. The molecule has 0 atom stereocenters. The molecule has 2 aromatic rings. The highest BCUT2D eigenvalue weighted by molar-refractivity contribution is 6.02. The van der Waals surface area contributed by atoms with Crippen molar-refractivity contribution in [2.45, 2.75) is 0 Å². The monoisotopic (exact) mass is 311 g/mol. The highest BCUT2D eigenvalue weighted by atomic mass is 16.4. The van der Waals surface area contributed by atoms with Crippen LogP contribution in [0.1, 0.15) is 26.3 Å². The van der Waals surface area contributed by atoms with Crippen LogP contribution in [0.25, 0.3) is 6.08 Å². The molecule has 23 heavy (non-hydrogen) atoms. The largest absolute Gasteiger partial charge is 0.478 e. The Balaban J connectivity index is 2.22. The molecule has 0 fully saturated rings. The van der Waals surface area contributed by atoms with E-state index >= 15 is 0 Å². The second-order valence-electron chi connectivity index (χ2n) is 4.61. The van der Waals surface area contributed by atoms with E-state index < -0.39 is 17.8 Å². The Kier molecular flexibility index (Phi) is 4.89. The van der Waals surface area contributed by atoms with Gasteiger partial charge in [-0.2, -0.15) is 0 Å². The van der Waals surface area contributed by atoms with Crippen molar-refractivity contribution in [3.8, 4) is 0 Å². The van der Waals surface area contributed by atoms with E-state index in [0.29, 0.717) is 11.1 Å². The molecule has 0 aromatic heterocycles. The van der Waals surface area contributed by atoms with Gasteiger partial charge in [-0.15, -0.1) is 0 Å². The van der Waals surface area contributed by atoms with Crippen LogP contribution in [0, 0.1) is 0 Å². The molecular weight excluding hydrogens is 298 g/mol. The number of rotatable bonds is 5. The molecule has 0 aliphatic rings. The Hall–Kier alpha value is -3.41. The van der Waals surface area contributed by atoms with Crippen LogP contribution in [-0.2, 0) is 4.79 Å². The Morgan fingerprint density at radius 3 is 1.96 bits per heavy atom. The van der Waals surface area contributed by atoms with Gasteiger partial charge in [0.15, 0.2) is 0 Å². The van der Waals surface area contributed by atoms with E-state index in [4.69, 9.17) is 5.11 Å². The molecule has 0 heterocycles. The molecule has 0 spiro atoms. The summed E-state index contributed by atoms with van der Waals surface area (Å²) in [5.41, 5.74) is 0.580. The third kappa shape index (κ3) is 4.28. The number of aromatic carboxylic acids is 1. The number of hydrogen-bond acceptors (Lipinski definition) is 3. The van der Waals surface area contributed by atoms with Gasteiger partial charge in [0.25, 0.3) is 5.91 Å². The first-order valence-electron chi connectivity index (χ1n) is 6.62. The number of nitrogens with one attached hydrogen (secondary N) is 1. The molecule has 0 saturated carbocycles. The van der Waals surface area contributed by atoms with Crippen LogP contribution in [-0.4, -0.2) is 28.1 Å². The van der Waals surface area contributed by atoms with Gasteiger partial charge in [-0.25, -0.2) is 9.59 Å². The molecule has 0 aliphatic carbocycles. The summed E-state index contributed by atoms with van der Waals surface area (Å²) in [5, 5.41) is 20.3. The van der Waals surface area contributed by atoms with Crippen LogP contribution in [0.2, 0.25) is 0 Å². The maximum absolute atomic E-state index is 12.0. The fourth-order valence-electron chi connectivity index (χ4n) is 1.82. The van der Waals surface area contributed by atoms with Crippen molar-refractivity contribution in [1.82, 2.24) is 5.32 Å². The van der Waals surface area contributed by atoms with E-state index in [1.54, 1.807) is 30.3 Å². The van der Waals surface area contributed by atoms with Gasteiger partial charge in [0.2, 0.25) is 0 Å². The number of aliphatic carboxylic acids is 1. The highest BCUT2D eigenvalue weighted by Gasteiger charge is 2.13. The van der Waals surface area contributed by atoms with Gasteiger partial charge in [-0.1, -0.05) is 30.3 Å². The number of hydrogen-bond donors (Lipinski definition) is 3. The van der Waals surface area contributed by atoms with Crippen LogP contribution in [0.5, 0.6) is 0 Å². The van der Waals surface area contributed by atoms with Crippen molar-refractivity contribution in [3.05, 3.63) is 77.0 Å². The predicted octanol–water partition coefficient (Wildman–Crippen LogP) is 2.24. The summed E-state index contributed by atoms with van der Waals surface area (Å²) in [6.07, 6.45) is 1.26. The minimum absolute atomic E-state index is 0.0901. The molecule has 0 saturated heterocycles. The summed E-state index contributed by atoms with van der Waals surface area (Å²) >= 11 is 0. The van der Waals surface area contributed by atoms with Crippen molar-refractivity contribution in [2.24, 2.45) is 0 Å². The molecule has 2 aromatic carbocycles. The third-order valence-corrected chi connectivity index (χ3v) is 2.98. The lowest BCUT2D eigenvalue weighted by molar-refractivity contribution is -0.132. The molecule has 116 valence electrons. The molecule has 0 radical (unpaired) electrons. The molecule has 0 aliphatic heterocycles. The number of amides is 1. The average molecular weight is 311 g/mol. The van der Waals surface area contributed by atoms with Gasteiger partial charge in [-0.3, -0.25) is 4.79 Å². The summed E-state index contributed by atoms with van der Waals surface area (Å²) in [4.78, 5) is 34.0. The van der Waals surface area contributed by atoms with Gasteiger partial charge >= 0.3 is 11.9 Å². The molecule has 0 bridgehead atoms. The number of carbonyl (C=O) groups is 3. The molecule has 6 heteroatoms. The predicted molar refractivity (Wildman–Crippen MR) is 82.9 cm³/mol. The fraction of sp³-hybridized carbons (Fsp3) is 0. The minimum Gasteiger partial charge on any atom is -0.478 e. The van der Waals surface area contributed by atoms with Crippen LogP contribution < -0.4 is 5.32 Å². The topological polar surface area (TPSA) is 104 Å². The van der Waals surface area contributed by atoms with Gasteiger partial charge in [0.1, 0.15) is 5.70 Å². The first-order chi connectivity index (χ1) is 11.0. The smallest absolute Gasteiger partial charge is 0.352 e. The first kappa shape index (κ1) is 16.0. The van der Waals surface area contributed by atoms with E-state index in [0.717, 1.165) is 0 Å². The fourth-order valence-corrected chi connectivity index (χ4v) is 1.82. The Bertz CT molecular complexity index is 763. The zero-order chi connectivity index (χ0) is 16.8. The van der Waals surface area contributed by atoms with Crippen LogP contribution in [0.15, 0.2) is 60.3 Å². The van der Waals surface area contributed by atoms with Crippen LogP contribution in [0.3, 0.4) is 0 Å². The standard InChI is InChI=1S/C17H13NO5/c19-15(12-4-2-1-3-5-12)18-14(17(22)23)10-11-6-8-13(9-7-11)16(20)21/h1-10H,(H,18,19)(H,20,21)(H,22,23)/b14-10+. The van der Waals surface area contributed by atoms with E-state index in [1.165, 1.54) is 30.3 Å². The zero-order valence-electron chi connectivity index (χ0n) is 11.9. The van der Waals surface area contributed by atoms with E-state index in [9.17, 15) is 19.5 Å². The van der Waals surface area contributed by atoms with Crippen LogP contribution >= 0.6 is 0 Å². The van der Waals surface area contributed by atoms with Gasteiger partial charge < -0.3 is 15.5 Å². The lowest BCUT2D eigenvalue weighted by Crippen LogP contribution is -2.27. The van der Waals surface area contributed by atoms with Crippen molar-refractivity contribution < 1.29 is 24.6 Å². The average Bonchev–Trinajstić information content (AvgIpc) is 2.55. The number of benzene rings is 2. The van der Waals surface area contributed by atoms with Crippen LogP contribution in [0.4, 0.5) is 0 Å². The van der Waals surface area contributed by atoms with Crippen molar-refractivity contribution in [2.75, 3.05) is 0 Å². The molecule has 2 rings (SSSR count). The maximum atomic E-state index is 12.0. The maximum Gasteiger partial charge on any atom is 0.352 e. The van der Waals surface area contributed by atoms with E-state index in [2.05, 4.69) is 5.32 Å². The molecule has 0 unspecified atom stereocenters. The SMILES string of the molecule is O=C(O)/C(=C\c1ccc(C(=O)O)cc1)NC(=O)c1ccccc1. The van der Waals surface area contributed by atoms with E-state index in [-0.39, 0.29) is 11.3 Å². The number of carbonyl (C=O) groups excluding carboxylic acids is 1. The lowest BCUT2D eigenvalue weighted by Gasteiger charge is -2.06. The van der Waals surface area contributed by atoms with Gasteiger partial charge in [0.05, 0.1) is 5.56 Å². The minimum atomic E-state index is -1.29. The summed E-state index contributed by atoms with van der Waals surface area (Å²) in [6, 6.07) is 13.8. The van der Waals surface area contributed by atoms with E-state index in [1.807, 2.05) is 0 Å². The first-order valence-corrected chi connectivity index (χ1v) is 6.62. The van der Waals surface area contributed by atoms with Gasteiger partial charge in [0, 0.05) is 5.56 Å². The number of carboxylic acid groups (broad SMARTS) is 2. The summed E-state index contributed by atoms with van der Waals surface area (Å²) in [7, 11) is 0. The Morgan fingerprint density at radius 1 is 0.826 bits per heavy atom. The Labute approximate surface area is 131 Å². The summed E-state index contributed by atoms with van der Waals surface area (Å²) < 4.78 is 0. The third-order valence-electron chi connectivity index (χ3n) is 2.98. The van der Waals surface area contributed by atoms with Crippen molar-refractivity contribution in [1.29, 1.82) is 0 Å². The second kappa shape index (κ2) is 7.04. The molecule has 1 amide bonds.